The van der Waals surface area contributed by atoms with Gasteiger partial charge in [-0.2, -0.15) is 0 Å². The minimum atomic E-state index is -4.45. The third-order valence-corrected chi connectivity index (χ3v) is 13.0. The van der Waals surface area contributed by atoms with Gasteiger partial charge in [-0.05, 0) is 12.5 Å². The van der Waals surface area contributed by atoms with Crippen LogP contribution in [-0.4, -0.2) is 86.3 Å². The van der Waals surface area contributed by atoms with E-state index >= 15 is 0 Å². The third kappa shape index (κ3) is 21.5. The van der Waals surface area contributed by atoms with E-state index < -0.39 is 86.3 Å². The van der Waals surface area contributed by atoms with Crippen LogP contribution in [0, 0.1) is 6.92 Å². The molecule has 0 unspecified atom stereocenters. The van der Waals surface area contributed by atoms with Crippen LogP contribution < -0.4 is 5.19 Å². The monoisotopic (exact) mass is 856 g/mol. The minimum Gasteiger partial charge on any atom is -0.455 e. The maximum Gasteiger partial charge on any atom is 0.974 e. The van der Waals surface area contributed by atoms with Crippen molar-refractivity contribution in [3.05, 3.63) is 65.7 Å². The molecule has 20 nitrogen and oxygen atoms in total. The largest absolute Gasteiger partial charge is 0.974 e. The van der Waals surface area contributed by atoms with E-state index in [1.807, 2.05) is 13.0 Å². The number of hydrogen-bond acceptors (Lipinski definition) is 20. The molecule has 0 aliphatic heterocycles. The first-order chi connectivity index (χ1) is 26.2. The molecule has 0 saturated heterocycles. The van der Waals surface area contributed by atoms with Crippen LogP contribution in [0.5, 0.6) is 0 Å². The van der Waals surface area contributed by atoms with Crippen molar-refractivity contribution in [1.29, 1.82) is 0 Å². The topological polar surface area (TPSA) is 263 Å². The van der Waals surface area contributed by atoms with Gasteiger partial charge in [0, 0.05) is 69.2 Å². The van der Waals surface area contributed by atoms with E-state index in [4.69, 9.17) is 26.6 Å². The molecule has 0 aromatic heterocycles. The lowest BCUT2D eigenvalue weighted by Crippen LogP contribution is -2.59. The summed E-state index contributed by atoms with van der Waals surface area (Å²) in [5, 5.41) is 0.365. The normalized spacial score (nSPS) is 10.4. The lowest BCUT2D eigenvalue weighted by molar-refractivity contribution is -0.161. The van der Waals surface area contributed by atoms with Crippen molar-refractivity contribution < 1.29 is 92.2 Å². The summed E-state index contributed by atoms with van der Waals surface area (Å²) in [6, 6.07) is 15.7. The summed E-state index contributed by atoms with van der Waals surface area (Å²) >= 11 is 0. The first-order valence-corrected chi connectivity index (χ1v) is 21.6. The van der Waals surface area contributed by atoms with Gasteiger partial charge in [0.15, 0.2) is 0 Å². The molecular weight excluding hydrogens is 813 g/mol. The molecule has 0 N–H and O–H groups in total. The molecule has 0 amide bonds. The predicted octanol–water partition coefficient (Wildman–Crippen LogP) is 1.90. The minimum absolute atomic E-state index is 0.0482. The van der Waals surface area contributed by atoms with Gasteiger partial charge in [0.25, 0.3) is 59.7 Å². The number of rotatable bonds is 13. The average molecular weight is 857 g/mol. The number of carbonyl (C=O) groups is 10. The molecule has 2 rings (SSSR count). The molecule has 0 spiro atoms. The second-order valence-corrected chi connectivity index (χ2v) is 17.7. The van der Waals surface area contributed by atoms with Gasteiger partial charge in [-0.3, -0.25) is 47.9 Å². The Morgan fingerprint density at radius 1 is 0.386 bits per heavy atom. The first-order valence-electron chi connectivity index (χ1n) is 16.3. The fourth-order valence-electron chi connectivity index (χ4n) is 4.07. The fourth-order valence-corrected chi connectivity index (χ4v) is 10.3. The van der Waals surface area contributed by atoms with E-state index in [2.05, 4.69) is 17.7 Å². The van der Waals surface area contributed by atoms with E-state index in [1.165, 1.54) is 20.8 Å². The maximum absolute atomic E-state index is 11.3. The Morgan fingerprint density at radius 3 is 0.930 bits per heavy atom. The zero-order valence-corrected chi connectivity index (χ0v) is 36.1. The van der Waals surface area contributed by atoms with Crippen LogP contribution in [0.2, 0.25) is 0 Å². The molecule has 2 aromatic carbocycles. The van der Waals surface area contributed by atoms with Gasteiger partial charge in [-0.25, -0.2) is 0 Å². The number of carbonyl (C=O) groups excluding carboxylic acids is 10. The maximum atomic E-state index is 11.3. The molecule has 312 valence electrons. The summed E-state index contributed by atoms with van der Waals surface area (Å²) in [5.74, 6) is -7.76. The van der Waals surface area contributed by atoms with Crippen LogP contribution in [0.1, 0.15) is 80.4 Å². The Balaban J connectivity index is 0.000000829. The van der Waals surface area contributed by atoms with Crippen LogP contribution in [0.25, 0.3) is 0 Å². The van der Waals surface area contributed by atoms with Crippen LogP contribution in [0.4, 0.5) is 0 Å². The molecule has 0 fully saturated rings. The van der Waals surface area contributed by atoms with Gasteiger partial charge in [0.2, 0.25) is 0 Å². The zero-order chi connectivity index (χ0) is 44.1. The van der Waals surface area contributed by atoms with Gasteiger partial charge in [0.1, 0.15) is 0 Å². The predicted molar refractivity (Wildman–Crippen MR) is 196 cm³/mol. The Kier molecular flexibility index (Phi) is 21.1. The van der Waals surface area contributed by atoms with E-state index in [1.54, 1.807) is 48.5 Å². The Morgan fingerprint density at radius 2 is 0.667 bits per heavy atom. The Hall–Kier alpha value is -6.21. The van der Waals surface area contributed by atoms with E-state index in [0.717, 1.165) is 59.6 Å². The smallest absolute Gasteiger partial charge is 0.455 e. The molecular formula is C34H44O20Si3. The fraction of sp³-hybridized carbons (Fsp3) is 0.353. The quantitative estimate of drug-likeness (QED) is 0.260. The summed E-state index contributed by atoms with van der Waals surface area (Å²) < 4.78 is 48.7. The summed E-state index contributed by atoms with van der Waals surface area (Å²) in [6.45, 7) is 12.8. The molecule has 0 saturated carbocycles. The molecule has 0 bridgehead atoms. The second-order valence-electron chi connectivity index (χ2n) is 11.2. The summed E-state index contributed by atoms with van der Waals surface area (Å²) in [6.07, 6.45) is 0. The van der Waals surface area contributed by atoms with Gasteiger partial charge >= 0.3 is 26.7 Å². The van der Waals surface area contributed by atoms with Gasteiger partial charge < -0.3 is 44.3 Å². The Labute approximate surface area is 331 Å². The van der Waals surface area contributed by atoms with Crippen molar-refractivity contribution in [1.82, 2.24) is 0 Å². The van der Waals surface area contributed by atoms with Gasteiger partial charge in [0.05, 0.1) is 11.2 Å². The first kappa shape index (κ1) is 50.8. The van der Waals surface area contributed by atoms with E-state index in [0.29, 0.717) is 5.19 Å². The Bertz CT molecular complexity index is 1630. The zero-order valence-electron chi connectivity index (χ0n) is 33.1. The lowest BCUT2D eigenvalue weighted by Gasteiger charge is -2.26. The van der Waals surface area contributed by atoms with E-state index in [-0.39, 0.29) is 6.04 Å². The highest BCUT2D eigenvalue weighted by Crippen LogP contribution is 2.19. The number of hydrogen-bond donors (Lipinski definition) is 0. The average Bonchev–Trinajstić information content (AvgIpc) is 2.98. The van der Waals surface area contributed by atoms with Crippen LogP contribution >= 0.6 is 0 Å². The van der Waals surface area contributed by atoms with Crippen molar-refractivity contribution >= 4 is 91.5 Å². The van der Waals surface area contributed by atoms with Crippen molar-refractivity contribution in [2.24, 2.45) is 0 Å². The van der Waals surface area contributed by atoms with Crippen molar-refractivity contribution in [3.63, 3.8) is 0 Å². The van der Waals surface area contributed by atoms with Crippen molar-refractivity contribution in [2.75, 3.05) is 0 Å². The van der Waals surface area contributed by atoms with Crippen LogP contribution in [-0.2, 0) is 98.2 Å². The van der Waals surface area contributed by atoms with Crippen LogP contribution in [0.3, 0.4) is 0 Å². The highest BCUT2D eigenvalue weighted by atomic mass is 28.4. The molecule has 57 heavy (non-hydrogen) atoms. The molecule has 0 radical (unpaired) electrons. The standard InChI is InChI=1S/2C13H16O6Si.C8H12O8Si/c1-9-5-7-13(8-6-9)20(17-10(2)14,18-11(3)15)19-12(4)16;1-10(14)17-20(18-11(2)15,19-12(3)16)9-13-7-5-4-6-8-13;1-5(9)13-17(14-6(2)10,15-7(3)11)16-8(4)12/h5-8H,1-4H3;4-8H,9H2,1-3H3;1-4H3. The number of aryl methyl sites for hydroxylation is 1. The summed E-state index contributed by atoms with van der Waals surface area (Å²) in [5.41, 5.74) is 1.70. The summed E-state index contributed by atoms with van der Waals surface area (Å²) in [4.78, 5) is 111. The molecule has 0 aliphatic rings. The third-order valence-electron chi connectivity index (χ3n) is 5.48. The highest BCUT2D eigenvalue weighted by Gasteiger charge is 2.61. The van der Waals surface area contributed by atoms with Crippen molar-refractivity contribution in [3.8, 4) is 0 Å². The second kappa shape index (κ2) is 23.7. The van der Waals surface area contributed by atoms with Crippen LogP contribution in [0.15, 0.2) is 54.6 Å². The SMILES string of the molecule is CC(=O)O[Si](Cc1ccccc1)(OC(C)=O)OC(C)=O.CC(=O)O[Si](OC(C)=O)(OC(C)=O)OC(C)=O.CC(=O)O[Si](OC(C)=O)(OC(C)=O)c1ccc(C)cc1. The highest BCUT2D eigenvalue weighted by molar-refractivity contribution is 6.79. The van der Waals surface area contributed by atoms with Gasteiger partial charge in [-0.1, -0.05) is 60.2 Å². The summed E-state index contributed by atoms with van der Waals surface area (Å²) in [7, 11) is -12.2. The van der Waals surface area contributed by atoms with Crippen molar-refractivity contribution in [2.45, 2.75) is 82.2 Å². The lowest BCUT2D eigenvalue weighted by atomic mass is 10.2. The molecule has 23 heteroatoms. The number of benzene rings is 2. The molecule has 0 heterocycles. The molecule has 2 aromatic rings. The van der Waals surface area contributed by atoms with E-state index in [9.17, 15) is 47.9 Å². The molecule has 0 aliphatic carbocycles. The van der Waals surface area contributed by atoms with Gasteiger partial charge in [-0.15, -0.1) is 0 Å². The molecule has 0 atom stereocenters.